The fourth-order valence-corrected chi connectivity index (χ4v) is 2.82. The van der Waals surface area contributed by atoms with Crippen molar-refractivity contribution in [1.29, 1.82) is 0 Å². The molecule has 0 amide bonds. The summed E-state index contributed by atoms with van der Waals surface area (Å²) in [5.41, 5.74) is 3.05. The number of aryl methyl sites for hydroxylation is 1. The maximum absolute atomic E-state index is 11.1. The van der Waals surface area contributed by atoms with Crippen molar-refractivity contribution in [3.63, 3.8) is 0 Å². The van der Waals surface area contributed by atoms with Crippen molar-refractivity contribution in [3.05, 3.63) is 43.4 Å². The van der Waals surface area contributed by atoms with Gasteiger partial charge >= 0.3 is 5.69 Å². The molecular weight excluding hydrogens is 348 g/mol. The normalized spacial score (nSPS) is 10.3. The van der Waals surface area contributed by atoms with Crippen LogP contribution in [0.1, 0.15) is 10.4 Å². The van der Waals surface area contributed by atoms with Gasteiger partial charge in [-0.2, -0.15) is 0 Å². The fraction of sp³-hybridized carbons (Fsp3) is 0.182. The van der Waals surface area contributed by atoms with Crippen LogP contribution in [0.15, 0.2) is 22.8 Å². The standard InChI is InChI=1S/C11H11BrN4O3S/c1-6-2-7(12)3-9(16(17)18)10(6)19-5-8-4-14-11(15-13)20-8/h2-4H,5,13H2,1H3,(H,14,15). The fourth-order valence-electron chi connectivity index (χ4n) is 1.62. The predicted molar refractivity (Wildman–Crippen MR) is 79.8 cm³/mol. The van der Waals surface area contributed by atoms with Gasteiger partial charge in [0, 0.05) is 16.7 Å². The van der Waals surface area contributed by atoms with E-state index in [9.17, 15) is 10.1 Å². The largest absolute Gasteiger partial charge is 0.481 e. The molecule has 0 aliphatic carbocycles. The van der Waals surface area contributed by atoms with E-state index in [2.05, 4.69) is 26.3 Å². The van der Waals surface area contributed by atoms with Gasteiger partial charge in [-0.3, -0.25) is 15.5 Å². The maximum Gasteiger partial charge on any atom is 0.312 e. The van der Waals surface area contributed by atoms with E-state index in [-0.39, 0.29) is 18.0 Å². The number of nitrogens with zero attached hydrogens (tertiary/aromatic N) is 2. The van der Waals surface area contributed by atoms with Gasteiger partial charge in [0.1, 0.15) is 6.61 Å². The Bertz CT molecular complexity index is 647. The first-order valence-corrected chi connectivity index (χ1v) is 7.11. The monoisotopic (exact) mass is 358 g/mol. The molecule has 1 aromatic carbocycles. The Morgan fingerprint density at radius 2 is 2.35 bits per heavy atom. The summed E-state index contributed by atoms with van der Waals surface area (Å²) in [7, 11) is 0. The Morgan fingerprint density at radius 3 is 2.95 bits per heavy atom. The van der Waals surface area contributed by atoms with Crippen LogP contribution in [0, 0.1) is 17.0 Å². The minimum absolute atomic E-state index is 0.0708. The lowest BCUT2D eigenvalue weighted by molar-refractivity contribution is -0.386. The van der Waals surface area contributed by atoms with Gasteiger partial charge in [0.15, 0.2) is 5.13 Å². The molecule has 0 fully saturated rings. The topological polar surface area (TPSA) is 103 Å². The van der Waals surface area contributed by atoms with Gasteiger partial charge in [0.05, 0.1) is 9.80 Å². The Labute approximate surface area is 127 Å². The lowest BCUT2D eigenvalue weighted by atomic mass is 10.2. The number of nitrogen functional groups attached to an aromatic ring is 1. The number of ether oxygens (including phenoxy) is 1. The molecule has 0 saturated carbocycles. The molecule has 0 unspecified atom stereocenters. The number of hydrazine groups is 1. The van der Waals surface area contributed by atoms with Crippen molar-refractivity contribution in [2.24, 2.45) is 5.84 Å². The molecule has 0 bridgehead atoms. The zero-order chi connectivity index (χ0) is 14.7. The van der Waals surface area contributed by atoms with Crippen LogP contribution in [0.2, 0.25) is 0 Å². The van der Waals surface area contributed by atoms with E-state index in [4.69, 9.17) is 10.6 Å². The average molecular weight is 359 g/mol. The first kappa shape index (κ1) is 14.7. The van der Waals surface area contributed by atoms with E-state index in [0.29, 0.717) is 15.2 Å². The third-order valence-electron chi connectivity index (χ3n) is 2.45. The van der Waals surface area contributed by atoms with Crippen LogP contribution in [0.3, 0.4) is 0 Å². The molecule has 3 N–H and O–H groups in total. The lowest BCUT2D eigenvalue weighted by Crippen LogP contribution is -2.05. The smallest absolute Gasteiger partial charge is 0.312 e. The highest BCUT2D eigenvalue weighted by Crippen LogP contribution is 2.35. The van der Waals surface area contributed by atoms with Gasteiger partial charge < -0.3 is 4.74 Å². The number of aromatic nitrogens is 1. The van der Waals surface area contributed by atoms with Crippen LogP contribution in [-0.4, -0.2) is 9.91 Å². The molecule has 106 valence electrons. The third kappa shape index (κ3) is 3.24. The van der Waals surface area contributed by atoms with Gasteiger partial charge in [0.2, 0.25) is 5.75 Å². The second-order valence-corrected chi connectivity index (χ2v) is 5.92. The number of nitro benzene ring substituents is 1. The van der Waals surface area contributed by atoms with E-state index in [0.717, 1.165) is 4.88 Å². The van der Waals surface area contributed by atoms with E-state index in [1.807, 2.05) is 0 Å². The first-order valence-electron chi connectivity index (χ1n) is 5.50. The Morgan fingerprint density at radius 1 is 1.60 bits per heavy atom. The van der Waals surface area contributed by atoms with Crippen molar-refractivity contribution in [2.45, 2.75) is 13.5 Å². The van der Waals surface area contributed by atoms with Gasteiger partial charge in [-0.15, -0.1) is 0 Å². The summed E-state index contributed by atoms with van der Waals surface area (Å²) in [6, 6.07) is 3.18. The highest BCUT2D eigenvalue weighted by Gasteiger charge is 2.19. The molecule has 2 rings (SSSR count). The maximum atomic E-state index is 11.1. The minimum Gasteiger partial charge on any atom is -0.481 e. The van der Waals surface area contributed by atoms with E-state index < -0.39 is 4.92 Å². The summed E-state index contributed by atoms with van der Waals surface area (Å²) < 4.78 is 6.21. The van der Waals surface area contributed by atoms with Crippen LogP contribution < -0.4 is 16.0 Å². The third-order valence-corrected chi connectivity index (χ3v) is 3.81. The summed E-state index contributed by atoms with van der Waals surface area (Å²) >= 11 is 4.56. The number of nitrogens with two attached hydrogens (primary N) is 1. The van der Waals surface area contributed by atoms with Crippen molar-refractivity contribution in [1.82, 2.24) is 4.98 Å². The molecule has 1 aromatic heterocycles. The molecule has 0 spiro atoms. The molecule has 0 aliphatic heterocycles. The quantitative estimate of drug-likeness (QED) is 0.483. The number of rotatable bonds is 5. The number of halogens is 1. The number of hydrogen-bond acceptors (Lipinski definition) is 7. The van der Waals surface area contributed by atoms with Crippen LogP contribution in [0.5, 0.6) is 5.75 Å². The second-order valence-electron chi connectivity index (χ2n) is 3.89. The molecule has 7 nitrogen and oxygen atoms in total. The predicted octanol–water partition coefficient (Wildman–Crippen LogP) is 2.99. The number of anilines is 1. The Kier molecular flexibility index (Phi) is 4.53. The highest BCUT2D eigenvalue weighted by molar-refractivity contribution is 9.10. The van der Waals surface area contributed by atoms with Crippen LogP contribution in [0.4, 0.5) is 10.8 Å². The molecule has 20 heavy (non-hydrogen) atoms. The highest BCUT2D eigenvalue weighted by atomic mass is 79.9. The molecule has 0 atom stereocenters. The molecule has 0 saturated heterocycles. The first-order chi connectivity index (χ1) is 9.51. The van der Waals surface area contributed by atoms with Crippen LogP contribution >= 0.6 is 27.3 Å². The van der Waals surface area contributed by atoms with Gasteiger partial charge in [-0.1, -0.05) is 27.3 Å². The second kappa shape index (κ2) is 6.16. The van der Waals surface area contributed by atoms with Crippen molar-refractivity contribution in [3.8, 4) is 5.75 Å². The summed E-state index contributed by atoms with van der Waals surface area (Å²) in [6.45, 7) is 1.95. The van der Waals surface area contributed by atoms with E-state index in [1.165, 1.54) is 17.4 Å². The number of nitro groups is 1. The number of thiazole rings is 1. The van der Waals surface area contributed by atoms with Crippen molar-refractivity contribution in [2.75, 3.05) is 5.43 Å². The van der Waals surface area contributed by atoms with Crippen molar-refractivity contribution >= 4 is 38.1 Å². The SMILES string of the molecule is Cc1cc(Br)cc([N+](=O)[O-])c1OCc1cnc(NN)s1. The lowest BCUT2D eigenvalue weighted by Gasteiger charge is -2.09. The summed E-state index contributed by atoms with van der Waals surface area (Å²) in [4.78, 5) is 15.4. The van der Waals surface area contributed by atoms with Gasteiger partial charge in [-0.05, 0) is 18.6 Å². The summed E-state index contributed by atoms with van der Waals surface area (Å²) in [5.74, 6) is 5.50. The number of hydrogen-bond donors (Lipinski definition) is 2. The van der Waals surface area contributed by atoms with Gasteiger partial charge in [0.25, 0.3) is 0 Å². The molecule has 0 radical (unpaired) electrons. The summed E-state index contributed by atoms with van der Waals surface area (Å²) in [5, 5.41) is 11.6. The average Bonchev–Trinajstić information content (AvgIpc) is 2.84. The molecule has 1 heterocycles. The minimum atomic E-state index is -0.466. The zero-order valence-corrected chi connectivity index (χ0v) is 12.8. The summed E-state index contributed by atoms with van der Waals surface area (Å²) in [6.07, 6.45) is 1.61. The molecular formula is C11H11BrN4O3S. The van der Waals surface area contributed by atoms with Crippen LogP contribution in [-0.2, 0) is 6.61 Å². The number of benzene rings is 1. The Hall–Kier alpha value is -1.71. The molecule has 2 aromatic rings. The van der Waals surface area contributed by atoms with E-state index in [1.54, 1.807) is 19.2 Å². The molecule has 0 aliphatic rings. The van der Waals surface area contributed by atoms with Gasteiger partial charge in [-0.25, -0.2) is 10.8 Å². The Balaban J connectivity index is 2.22. The zero-order valence-electron chi connectivity index (χ0n) is 10.4. The van der Waals surface area contributed by atoms with Crippen molar-refractivity contribution < 1.29 is 9.66 Å². The van der Waals surface area contributed by atoms with E-state index >= 15 is 0 Å². The molecule has 9 heteroatoms. The van der Waals surface area contributed by atoms with Crippen LogP contribution in [0.25, 0.3) is 0 Å². The number of nitrogens with one attached hydrogen (secondary N) is 1.